The second kappa shape index (κ2) is 4.88. The highest BCUT2D eigenvalue weighted by atomic mass is 32.2. The van der Waals surface area contributed by atoms with Gasteiger partial charge in [-0.25, -0.2) is 9.80 Å². The molecule has 120 valence electrons. The molecule has 0 saturated carbocycles. The lowest BCUT2D eigenvalue weighted by Crippen LogP contribution is -2.79. The zero-order valence-corrected chi connectivity index (χ0v) is 12.9. The summed E-state index contributed by atoms with van der Waals surface area (Å²) in [7, 11) is 0. The van der Waals surface area contributed by atoms with E-state index in [2.05, 4.69) is 5.43 Å². The van der Waals surface area contributed by atoms with E-state index in [9.17, 15) is 14.7 Å². The number of allylic oxidation sites excluding steroid dienone is 2. The lowest BCUT2D eigenvalue weighted by molar-refractivity contribution is -0.772. The van der Waals surface area contributed by atoms with Gasteiger partial charge in [0.1, 0.15) is 12.0 Å². The molecule has 4 N–H and O–H groups in total. The lowest BCUT2D eigenvalue weighted by Gasteiger charge is -2.47. The van der Waals surface area contributed by atoms with E-state index in [4.69, 9.17) is 5.73 Å². The van der Waals surface area contributed by atoms with Gasteiger partial charge in [0.05, 0.1) is 6.54 Å². The molecular formula is C14H16N5O3S+. The van der Waals surface area contributed by atoms with E-state index in [1.54, 1.807) is 6.20 Å². The van der Waals surface area contributed by atoms with Crippen molar-refractivity contribution >= 4 is 23.8 Å². The molecule has 4 rings (SSSR count). The Morgan fingerprint density at radius 1 is 1.52 bits per heavy atom. The first-order valence-corrected chi connectivity index (χ1v) is 8.20. The van der Waals surface area contributed by atoms with Crippen molar-refractivity contribution < 1.29 is 19.2 Å². The van der Waals surface area contributed by atoms with Crippen molar-refractivity contribution in [1.82, 2.24) is 15.3 Å². The van der Waals surface area contributed by atoms with Crippen LogP contribution < -0.4 is 11.2 Å². The van der Waals surface area contributed by atoms with Crippen molar-refractivity contribution in [1.29, 1.82) is 0 Å². The first-order chi connectivity index (χ1) is 11.0. The molecular weight excluding hydrogens is 318 g/mol. The number of amides is 2. The SMILES string of the molecule is N[C@@H]1C(=O)[N+]2(C(=O)O)C=C(CN3C=CN4NC=CC=C34)CS[C@@H]12. The quantitative estimate of drug-likeness (QED) is 0.489. The Labute approximate surface area is 136 Å². The summed E-state index contributed by atoms with van der Waals surface area (Å²) in [5.41, 5.74) is 9.74. The topological polar surface area (TPSA) is 98.9 Å². The fourth-order valence-corrected chi connectivity index (χ4v) is 4.58. The summed E-state index contributed by atoms with van der Waals surface area (Å²) in [5, 5.41) is 11.0. The van der Waals surface area contributed by atoms with Crippen LogP contribution in [0.25, 0.3) is 0 Å². The number of β-lactam (4-membered cyclic amide) rings is 1. The van der Waals surface area contributed by atoms with Crippen molar-refractivity contribution in [2.75, 3.05) is 12.3 Å². The van der Waals surface area contributed by atoms with E-state index in [1.807, 2.05) is 40.7 Å². The zero-order valence-electron chi connectivity index (χ0n) is 12.1. The number of fused-ring (bicyclic) bond motifs is 2. The first-order valence-electron chi connectivity index (χ1n) is 7.15. The number of carboxylic acid groups (broad SMARTS) is 1. The van der Waals surface area contributed by atoms with Crippen LogP contribution in [-0.4, -0.2) is 55.2 Å². The monoisotopic (exact) mass is 334 g/mol. The lowest BCUT2D eigenvalue weighted by atomic mass is 10.0. The van der Waals surface area contributed by atoms with Gasteiger partial charge in [0.25, 0.3) is 0 Å². The number of nitrogens with one attached hydrogen (secondary N) is 1. The van der Waals surface area contributed by atoms with Crippen molar-refractivity contribution in [3.63, 3.8) is 0 Å². The van der Waals surface area contributed by atoms with Gasteiger partial charge in [-0.05, 0) is 12.2 Å². The molecule has 4 aliphatic heterocycles. The largest absolute Gasteiger partial charge is 0.527 e. The van der Waals surface area contributed by atoms with Crippen LogP contribution in [0.1, 0.15) is 0 Å². The van der Waals surface area contributed by atoms with Crippen LogP contribution in [0.2, 0.25) is 0 Å². The van der Waals surface area contributed by atoms with E-state index in [1.165, 1.54) is 11.8 Å². The van der Waals surface area contributed by atoms with E-state index < -0.39 is 27.9 Å². The number of quaternary nitrogens is 1. The number of imide groups is 1. The smallest absolute Gasteiger partial charge is 0.435 e. The van der Waals surface area contributed by atoms with E-state index in [0.29, 0.717) is 12.3 Å². The minimum absolute atomic E-state index is 0.423. The molecule has 1 saturated heterocycles. The number of hydrogen-bond donors (Lipinski definition) is 3. The molecule has 4 heterocycles. The fraction of sp³-hybridized carbons (Fsp3) is 0.286. The van der Waals surface area contributed by atoms with Crippen molar-refractivity contribution in [3.8, 4) is 0 Å². The van der Waals surface area contributed by atoms with Crippen LogP contribution >= 0.6 is 11.8 Å². The summed E-state index contributed by atoms with van der Waals surface area (Å²) in [4.78, 5) is 25.8. The minimum atomic E-state index is -1.16. The van der Waals surface area contributed by atoms with Crippen LogP contribution in [0.5, 0.6) is 0 Å². The normalized spacial score (nSPS) is 34.2. The van der Waals surface area contributed by atoms with Crippen molar-refractivity contribution in [2.24, 2.45) is 5.73 Å². The summed E-state index contributed by atoms with van der Waals surface area (Å²) in [5.74, 6) is 1.17. The molecule has 1 unspecified atom stereocenters. The molecule has 9 heteroatoms. The van der Waals surface area contributed by atoms with Gasteiger partial charge in [-0.15, -0.1) is 4.48 Å². The maximum Gasteiger partial charge on any atom is 0.527 e. The summed E-state index contributed by atoms with van der Waals surface area (Å²) in [6.45, 7) is 0.532. The highest BCUT2D eigenvalue weighted by molar-refractivity contribution is 8.00. The minimum Gasteiger partial charge on any atom is -0.435 e. The van der Waals surface area contributed by atoms with E-state index in [-0.39, 0.29) is 0 Å². The molecule has 8 nitrogen and oxygen atoms in total. The summed E-state index contributed by atoms with van der Waals surface area (Å²) >= 11 is 1.44. The van der Waals surface area contributed by atoms with Gasteiger partial charge in [0.2, 0.25) is 0 Å². The van der Waals surface area contributed by atoms with Crippen LogP contribution in [0, 0.1) is 0 Å². The average molecular weight is 334 g/mol. The third kappa shape index (κ3) is 1.87. The first kappa shape index (κ1) is 14.4. The molecule has 4 aliphatic rings. The average Bonchev–Trinajstić information content (AvgIpc) is 2.96. The Morgan fingerprint density at radius 3 is 3.13 bits per heavy atom. The number of carbonyl (C=O) groups is 2. The van der Waals surface area contributed by atoms with Crippen molar-refractivity contribution in [2.45, 2.75) is 11.4 Å². The number of hydrazine groups is 1. The molecule has 0 radical (unpaired) electrons. The van der Waals surface area contributed by atoms with Crippen LogP contribution in [0.4, 0.5) is 4.79 Å². The predicted octanol–water partition coefficient (Wildman–Crippen LogP) is 0.268. The number of hydrogen-bond acceptors (Lipinski definition) is 7. The Balaban J connectivity index is 1.60. The molecule has 0 aromatic carbocycles. The number of carbonyl (C=O) groups excluding carboxylic acids is 1. The fourth-order valence-electron chi connectivity index (χ4n) is 3.22. The third-order valence-corrected chi connectivity index (χ3v) is 5.87. The second-order valence-electron chi connectivity index (χ2n) is 5.72. The van der Waals surface area contributed by atoms with Crippen LogP contribution in [0.15, 0.2) is 48.3 Å². The number of nitrogens with two attached hydrogens (primary N) is 1. The van der Waals surface area contributed by atoms with E-state index >= 15 is 0 Å². The molecule has 0 aliphatic carbocycles. The highest BCUT2D eigenvalue weighted by Gasteiger charge is 2.68. The van der Waals surface area contributed by atoms with Gasteiger partial charge in [-0.1, -0.05) is 11.8 Å². The van der Waals surface area contributed by atoms with Gasteiger partial charge >= 0.3 is 12.0 Å². The Kier molecular flexibility index (Phi) is 3.05. The summed E-state index contributed by atoms with van der Waals surface area (Å²) in [6.07, 6.45) is 9.89. The molecule has 0 aromatic rings. The maximum absolute atomic E-state index is 12.1. The highest BCUT2D eigenvalue weighted by Crippen LogP contribution is 2.43. The Morgan fingerprint density at radius 2 is 2.35 bits per heavy atom. The molecule has 23 heavy (non-hydrogen) atoms. The van der Waals surface area contributed by atoms with Gasteiger partial charge in [-0.2, -0.15) is 4.79 Å². The van der Waals surface area contributed by atoms with Crippen molar-refractivity contribution in [3.05, 3.63) is 48.3 Å². The predicted molar refractivity (Wildman–Crippen MR) is 83.6 cm³/mol. The van der Waals surface area contributed by atoms with Gasteiger partial charge in [0.15, 0.2) is 11.4 Å². The molecule has 2 amide bonds. The van der Waals surface area contributed by atoms with E-state index in [0.717, 1.165) is 11.4 Å². The number of nitrogens with zero attached hydrogens (tertiary/aromatic N) is 3. The van der Waals surface area contributed by atoms with Crippen LogP contribution in [-0.2, 0) is 4.79 Å². The maximum atomic E-state index is 12.1. The molecule has 0 aromatic heterocycles. The number of rotatable bonds is 2. The van der Waals surface area contributed by atoms with Gasteiger partial charge in [0, 0.05) is 29.9 Å². The molecule has 0 spiro atoms. The van der Waals surface area contributed by atoms with Gasteiger partial charge < -0.3 is 21.2 Å². The standard InChI is InChI=1S/C14H15N5O3S/c15-11-12(20)19(14(21)22)7-9(8-23-13(11)19)6-17-4-5-18-10(17)2-1-3-16-18/h1-5,7,11,13,16H,6,8,15H2/p+1/t11-,13+,19?/m1/s1. The second-order valence-corrected chi connectivity index (χ2v) is 6.83. The number of thioether (sulfide) groups is 1. The molecule has 3 atom stereocenters. The summed E-state index contributed by atoms with van der Waals surface area (Å²) < 4.78 is -0.681. The third-order valence-electron chi connectivity index (χ3n) is 4.37. The van der Waals surface area contributed by atoms with Gasteiger partial charge in [-0.3, -0.25) is 0 Å². The molecule has 0 bridgehead atoms. The molecule has 1 fully saturated rings. The Hall–Kier alpha value is -2.23. The Bertz CT molecular complexity index is 715. The summed E-state index contributed by atoms with van der Waals surface area (Å²) in [6, 6.07) is -0.702. The van der Waals surface area contributed by atoms with Crippen LogP contribution in [0.3, 0.4) is 0 Å². The zero-order chi connectivity index (χ0) is 16.2.